The third-order valence-corrected chi connectivity index (χ3v) is 13.2. The Labute approximate surface area is 358 Å². The lowest BCUT2D eigenvalue weighted by atomic mass is 9.54. The van der Waals surface area contributed by atoms with E-state index in [1.165, 1.54) is 48.8 Å². The van der Waals surface area contributed by atoms with E-state index >= 15 is 0 Å². The van der Waals surface area contributed by atoms with Crippen LogP contribution in [0, 0.1) is 40.4 Å². The van der Waals surface area contributed by atoms with Gasteiger partial charge in [0.1, 0.15) is 0 Å². The summed E-state index contributed by atoms with van der Waals surface area (Å²) in [7, 11) is 0. The molecule has 0 spiro atoms. The van der Waals surface area contributed by atoms with Gasteiger partial charge in [-0.15, -0.1) is 0 Å². The van der Waals surface area contributed by atoms with Gasteiger partial charge in [0, 0.05) is 16.7 Å². The van der Waals surface area contributed by atoms with E-state index in [9.17, 15) is 10.5 Å². The third kappa shape index (κ3) is 7.39. The molecule has 1 aromatic heterocycles. The van der Waals surface area contributed by atoms with Gasteiger partial charge in [-0.3, -0.25) is 0 Å². The van der Waals surface area contributed by atoms with Gasteiger partial charge in [0.2, 0.25) is 0 Å². The number of hydrogen-bond donors (Lipinski definition) is 0. The Hall–Kier alpha value is -7.21. The summed E-state index contributed by atoms with van der Waals surface area (Å²) < 4.78 is 0. The molecule has 10 rings (SSSR count). The monoisotopic (exact) mass is 787 g/mol. The van der Waals surface area contributed by atoms with E-state index in [4.69, 9.17) is 15.0 Å². The molecule has 2 aliphatic rings. The quantitative estimate of drug-likeness (QED) is 0.161. The van der Waals surface area contributed by atoms with Gasteiger partial charge < -0.3 is 0 Å². The Morgan fingerprint density at radius 2 is 0.902 bits per heavy atom. The van der Waals surface area contributed by atoms with E-state index in [1.807, 2.05) is 72.8 Å². The van der Waals surface area contributed by atoms with Crippen LogP contribution in [0.3, 0.4) is 0 Å². The Bertz CT molecular complexity index is 2870. The summed E-state index contributed by atoms with van der Waals surface area (Å²) >= 11 is 0. The molecule has 2 saturated carbocycles. The van der Waals surface area contributed by atoms with Crippen LogP contribution in [0.1, 0.15) is 62.6 Å². The minimum Gasteiger partial charge on any atom is -0.208 e. The lowest BCUT2D eigenvalue weighted by Crippen LogP contribution is -2.42. The maximum Gasteiger partial charge on any atom is 0.164 e. The molecule has 2 aliphatic carbocycles. The van der Waals surface area contributed by atoms with Crippen LogP contribution >= 0.6 is 0 Å². The summed E-state index contributed by atoms with van der Waals surface area (Å²) in [6.07, 6.45) is 6.67. The molecule has 2 unspecified atom stereocenters. The Kier molecular flexibility index (Phi) is 9.82. The van der Waals surface area contributed by atoms with Crippen molar-refractivity contribution in [2.75, 3.05) is 0 Å². The van der Waals surface area contributed by atoms with Crippen LogP contribution in [0.2, 0.25) is 0 Å². The molecule has 2 fully saturated rings. The van der Waals surface area contributed by atoms with Gasteiger partial charge in [-0.05, 0) is 147 Å². The zero-order chi connectivity index (χ0) is 41.5. The fourth-order valence-electron chi connectivity index (χ4n) is 10.7. The molecule has 0 amide bonds. The van der Waals surface area contributed by atoms with E-state index in [0.717, 1.165) is 67.5 Å². The lowest BCUT2D eigenvalue weighted by Gasteiger charge is -2.50. The molecule has 0 radical (unpaired) electrons. The van der Waals surface area contributed by atoms with E-state index in [0.29, 0.717) is 34.0 Å². The molecule has 2 bridgehead atoms. The highest BCUT2D eigenvalue weighted by molar-refractivity contribution is 6.04. The second-order valence-corrected chi connectivity index (χ2v) is 17.6. The second kappa shape index (κ2) is 15.8. The summed E-state index contributed by atoms with van der Waals surface area (Å²) in [5.74, 6) is 4.13. The Morgan fingerprint density at radius 3 is 1.43 bits per heavy atom. The molecule has 5 nitrogen and oxygen atoms in total. The number of aromatic nitrogens is 3. The van der Waals surface area contributed by atoms with Crippen LogP contribution in [-0.2, 0) is 5.41 Å². The molecule has 1 heterocycles. The molecule has 0 aliphatic heterocycles. The normalized spacial score (nSPS) is 19.5. The van der Waals surface area contributed by atoms with Crippen LogP contribution in [0.15, 0.2) is 158 Å². The van der Waals surface area contributed by atoms with Crippen molar-refractivity contribution in [2.45, 2.75) is 51.4 Å². The minimum absolute atomic E-state index is 0.293. The van der Waals surface area contributed by atoms with Gasteiger partial charge in [0.05, 0.1) is 23.3 Å². The fraction of sp³-hybridized carbons (Fsp3) is 0.196. The third-order valence-electron chi connectivity index (χ3n) is 13.2. The van der Waals surface area contributed by atoms with Crippen molar-refractivity contribution in [1.82, 2.24) is 15.0 Å². The van der Waals surface area contributed by atoms with Crippen molar-refractivity contribution in [3.63, 3.8) is 0 Å². The van der Waals surface area contributed by atoms with E-state index in [1.54, 1.807) is 0 Å². The summed E-state index contributed by atoms with van der Waals surface area (Å²) in [6, 6.07) is 58.7. The number of fused-ring (bicyclic) bond motifs is 3. The van der Waals surface area contributed by atoms with Crippen molar-refractivity contribution in [1.29, 1.82) is 10.5 Å². The molecule has 8 aromatic rings. The van der Waals surface area contributed by atoms with E-state index in [-0.39, 0.29) is 0 Å². The predicted octanol–water partition coefficient (Wildman–Crippen LogP) is 13.9. The minimum atomic E-state index is 0.293. The van der Waals surface area contributed by atoms with Gasteiger partial charge in [-0.2, -0.15) is 10.5 Å². The molecule has 294 valence electrons. The van der Waals surface area contributed by atoms with Gasteiger partial charge in [-0.1, -0.05) is 129 Å². The van der Waals surface area contributed by atoms with Gasteiger partial charge >= 0.3 is 0 Å². The summed E-state index contributed by atoms with van der Waals surface area (Å²) in [6.45, 7) is 4.92. The van der Waals surface area contributed by atoms with Gasteiger partial charge in [0.25, 0.3) is 0 Å². The Morgan fingerprint density at radius 1 is 0.443 bits per heavy atom. The van der Waals surface area contributed by atoms with Crippen molar-refractivity contribution in [3.8, 4) is 79.7 Å². The molecular weight excluding hydrogens is 743 g/mol. The number of benzene rings is 7. The highest BCUT2D eigenvalue weighted by Crippen LogP contribution is 2.54. The van der Waals surface area contributed by atoms with Crippen molar-refractivity contribution >= 4 is 10.8 Å². The number of rotatable bonds is 7. The zero-order valence-electron chi connectivity index (χ0n) is 34.5. The first-order chi connectivity index (χ1) is 29.8. The molecule has 7 aromatic carbocycles. The van der Waals surface area contributed by atoms with Crippen LogP contribution in [-0.4, -0.2) is 15.0 Å². The first-order valence-corrected chi connectivity index (χ1v) is 21.5. The molecule has 0 saturated heterocycles. The fourth-order valence-corrected chi connectivity index (χ4v) is 10.7. The summed E-state index contributed by atoms with van der Waals surface area (Å²) in [5.41, 5.74) is 12.1. The molecule has 61 heavy (non-hydrogen) atoms. The maximum absolute atomic E-state index is 9.39. The topological polar surface area (TPSA) is 86.2 Å². The smallest absolute Gasteiger partial charge is 0.164 e. The van der Waals surface area contributed by atoms with Gasteiger partial charge in [-0.25, -0.2) is 15.0 Å². The number of hydrogen-bond acceptors (Lipinski definition) is 5. The molecular formula is C56H45N5. The predicted molar refractivity (Wildman–Crippen MR) is 246 cm³/mol. The molecule has 5 heteroatoms. The maximum atomic E-state index is 9.39. The van der Waals surface area contributed by atoms with Crippen molar-refractivity contribution in [2.24, 2.45) is 17.8 Å². The van der Waals surface area contributed by atoms with Crippen LogP contribution in [0.5, 0.6) is 0 Å². The standard InChI is InChI=1S/C56H45N5/c1-36-27-40-28-37(2)32-56(31-36,33-40)48-23-21-43(22-24-48)49-25-26-52(51-12-4-3-11-50(49)51)55-60-53(46-9-5-7-44(29-46)41-17-13-38(34-57)14-18-41)59-54(61-55)47-10-6-8-45(30-47)42-19-15-39(35-58)16-20-42/h3-26,29-30,36-37,40H,27-28,31-33H2,1-2H3/t36-,37+,40?,56?. The summed E-state index contributed by atoms with van der Waals surface area (Å²) in [5, 5.41) is 21.0. The molecule has 4 atom stereocenters. The van der Waals surface area contributed by atoms with Crippen LogP contribution < -0.4 is 0 Å². The largest absolute Gasteiger partial charge is 0.208 e. The second-order valence-electron chi connectivity index (χ2n) is 17.6. The highest BCUT2D eigenvalue weighted by atomic mass is 15.0. The van der Waals surface area contributed by atoms with Crippen molar-refractivity contribution < 1.29 is 0 Å². The average molecular weight is 788 g/mol. The highest BCUT2D eigenvalue weighted by Gasteiger charge is 2.45. The van der Waals surface area contributed by atoms with Crippen LogP contribution in [0.4, 0.5) is 0 Å². The van der Waals surface area contributed by atoms with E-state index in [2.05, 4.69) is 111 Å². The van der Waals surface area contributed by atoms with E-state index < -0.39 is 0 Å². The molecule has 0 N–H and O–H groups in total. The lowest BCUT2D eigenvalue weighted by molar-refractivity contribution is 0.0780. The number of nitrogens with zero attached hydrogens (tertiary/aromatic N) is 5. The number of nitriles is 2. The average Bonchev–Trinajstić information content (AvgIpc) is 3.31. The SMILES string of the molecule is C[C@@H]1CC2C[C@H](C)CC(c3ccc(-c4ccc(-c5nc(-c6cccc(-c7ccc(C#N)cc7)c6)nc(-c6cccc(-c7ccc(C#N)cc7)c6)n5)c5ccccc45)cc3)(C2)C1. The Balaban J connectivity index is 1.08. The van der Waals surface area contributed by atoms with Crippen molar-refractivity contribution in [3.05, 3.63) is 174 Å². The first kappa shape index (κ1) is 38.0. The van der Waals surface area contributed by atoms with Gasteiger partial charge in [0.15, 0.2) is 17.5 Å². The van der Waals surface area contributed by atoms with Crippen LogP contribution in [0.25, 0.3) is 78.3 Å². The zero-order valence-corrected chi connectivity index (χ0v) is 34.5. The first-order valence-electron chi connectivity index (χ1n) is 21.5. The summed E-state index contributed by atoms with van der Waals surface area (Å²) in [4.78, 5) is 15.6.